The van der Waals surface area contributed by atoms with Crippen LogP contribution in [0.1, 0.15) is 63.4 Å². The molecule has 1 atom stereocenters. The van der Waals surface area contributed by atoms with Crippen LogP contribution in [0.25, 0.3) is 0 Å². The molecule has 2 saturated heterocycles. The Labute approximate surface area is 167 Å². The number of nitrogens with zero attached hydrogens (tertiary/aromatic N) is 2. The Bertz CT molecular complexity index is 735. The minimum Gasteiger partial charge on any atom is -0.343 e. The van der Waals surface area contributed by atoms with Crippen molar-refractivity contribution < 1.29 is 14.4 Å². The highest BCUT2D eigenvalue weighted by molar-refractivity contribution is 6.10. The van der Waals surface area contributed by atoms with Gasteiger partial charge >= 0.3 is 0 Å². The molecule has 3 fully saturated rings. The van der Waals surface area contributed by atoms with Gasteiger partial charge in [-0.25, -0.2) is 0 Å². The van der Waals surface area contributed by atoms with Crippen molar-refractivity contribution in [3.63, 3.8) is 0 Å². The van der Waals surface area contributed by atoms with E-state index in [1.54, 1.807) is 0 Å². The van der Waals surface area contributed by atoms with E-state index in [2.05, 4.69) is 0 Å². The topological polar surface area (TPSA) is 57.7 Å². The zero-order chi connectivity index (χ0) is 19.6. The lowest BCUT2D eigenvalue weighted by Gasteiger charge is -2.30. The summed E-state index contributed by atoms with van der Waals surface area (Å²) in [6.07, 6.45) is 8.03. The highest BCUT2D eigenvalue weighted by Gasteiger charge is 2.54. The van der Waals surface area contributed by atoms with Crippen molar-refractivity contribution in [1.82, 2.24) is 9.80 Å². The molecule has 3 aliphatic rings. The molecule has 1 aliphatic carbocycles. The highest BCUT2D eigenvalue weighted by atomic mass is 16.2. The summed E-state index contributed by atoms with van der Waals surface area (Å²) in [7, 11) is 0. The fraction of sp³-hybridized carbons (Fsp3) is 0.609. The van der Waals surface area contributed by atoms with Gasteiger partial charge < -0.3 is 4.90 Å². The Morgan fingerprint density at radius 2 is 1.64 bits per heavy atom. The monoisotopic (exact) mass is 382 g/mol. The fourth-order valence-corrected chi connectivity index (χ4v) is 5.17. The quantitative estimate of drug-likeness (QED) is 0.735. The second-order valence-corrected chi connectivity index (χ2v) is 8.70. The van der Waals surface area contributed by atoms with Crippen LogP contribution in [-0.2, 0) is 19.8 Å². The highest BCUT2D eigenvalue weighted by Crippen LogP contribution is 2.41. The molecule has 28 heavy (non-hydrogen) atoms. The summed E-state index contributed by atoms with van der Waals surface area (Å²) in [6, 6.07) is 9.47. The molecule has 5 heteroatoms. The SMILES string of the molecule is O=C(CC1(c2ccccc2)CC(=O)N(CC2CCCCC2)C1=O)N1CCCC1. The molecule has 0 radical (unpaired) electrons. The maximum atomic E-state index is 13.6. The first-order valence-electron chi connectivity index (χ1n) is 10.8. The molecule has 1 aromatic carbocycles. The molecule has 1 unspecified atom stereocenters. The first kappa shape index (κ1) is 19.2. The van der Waals surface area contributed by atoms with Crippen molar-refractivity contribution in [3.8, 4) is 0 Å². The third-order valence-electron chi connectivity index (χ3n) is 6.81. The molecule has 1 saturated carbocycles. The second-order valence-electron chi connectivity index (χ2n) is 8.70. The van der Waals surface area contributed by atoms with E-state index in [-0.39, 0.29) is 30.6 Å². The van der Waals surface area contributed by atoms with Crippen LogP contribution in [0.5, 0.6) is 0 Å². The zero-order valence-electron chi connectivity index (χ0n) is 16.6. The fourth-order valence-electron chi connectivity index (χ4n) is 5.17. The molecule has 0 bridgehead atoms. The van der Waals surface area contributed by atoms with Crippen LogP contribution in [0.4, 0.5) is 0 Å². The Hall–Kier alpha value is -2.17. The molecule has 2 aliphatic heterocycles. The molecule has 150 valence electrons. The number of hydrogen-bond acceptors (Lipinski definition) is 3. The van der Waals surface area contributed by atoms with E-state index in [1.165, 1.54) is 24.2 Å². The molecule has 0 spiro atoms. The zero-order valence-corrected chi connectivity index (χ0v) is 16.6. The van der Waals surface area contributed by atoms with Gasteiger partial charge in [-0.3, -0.25) is 19.3 Å². The van der Waals surface area contributed by atoms with E-state index in [0.29, 0.717) is 12.5 Å². The van der Waals surface area contributed by atoms with Gasteiger partial charge in [-0.2, -0.15) is 0 Å². The number of amides is 3. The maximum Gasteiger partial charge on any atom is 0.240 e. The minimum atomic E-state index is -1.04. The molecule has 3 amide bonds. The van der Waals surface area contributed by atoms with Crippen molar-refractivity contribution in [3.05, 3.63) is 35.9 Å². The first-order valence-corrected chi connectivity index (χ1v) is 10.8. The second kappa shape index (κ2) is 8.06. The van der Waals surface area contributed by atoms with Gasteiger partial charge in [0, 0.05) is 32.5 Å². The average molecular weight is 383 g/mol. The summed E-state index contributed by atoms with van der Waals surface area (Å²) in [6.45, 7) is 2.04. The van der Waals surface area contributed by atoms with Crippen molar-refractivity contribution in [2.24, 2.45) is 5.92 Å². The predicted molar refractivity (Wildman–Crippen MR) is 106 cm³/mol. The summed E-state index contributed by atoms with van der Waals surface area (Å²) in [5.41, 5.74) is -0.237. The van der Waals surface area contributed by atoms with E-state index in [0.717, 1.165) is 44.3 Å². The van der Waals surface area contributed by atoms with Gasteiger partial charge in [-0.05, 0) is 37.2 Å². The van der Waals surface area contributed by atoms with Crippen molar-refractivity contribution >= 4 is 17.7 Å². The number of carbonyl (C=O) groups is 3. The standard InChI is InChI=1S/C23H30N2O3/c26-20(24-13-7-8-14-24)15-23(19-11-5-2-6-12-19)16-21(27)25(22(23)28)17-18-9-3-1-4-10-18/h2,5-6,11-12,18H,1,3-4,7-10,13-17H2. The van der Waals surface area contributed by atoms with Gasteiger partial charge in [0.25, 0.3) is 0 Å². The average Bonchev–Trinajstić information content (AvgIpc) is 3.34. The van der Waals surface area contributed by atoms with Crippen LogP contribution in [-0.4, -0.2) is 47.2 Å². The molecule has 0 aromatic heterocycles. The van der Waals surface area contributed by atoms with E-state index in [4.69, 9.17) is 0 Å². The van der Waals surface area contributed by atoms with Crippen LogP contribution >= 0.6 is 0 Å². The Kier molecular flexibility index (Phi) is 5.51. The largest absolute Gasteiger partial charge is 0.343 e. The predicted octanol–water partition coefficient (Wildman–Crippen LogP) is 3.28. The molecular formula is C23H30N2O3. The minimum absolute atomic E-state index is 0.00187. The smallest absolute Gasteiger partial charge is 0.240 e. The molecule has 5 nitrogen and oxygen atoms in total. The molecule has 0 N–H and O–H groups in total. The summed E-state index contributed by atoms with van der Waals surface area (Å²) in [5.74, 6) is 0.125. The van der Waals surface area contributed by atoms with Gasteiger partial charge in [-0.15, -0.1) is 0 Å². The number of hydrogen-bond donors (Lipinski definition) is 0. The van der Waals surface area contributed by atoms with E-state index in [9.17, 15) is 14.4 Å². The van der Waals surface area contributed by atoms with Crippen LogP contribution < -0.4 is 0 Å². The number of rotatable bonds is 5. The van der Waals surface area contributed by atoms with E-state index >= 15 is 0 Å². The number of imide groups is 1. The lowest BCUT2D eigenvalue weighted by Crippen LogP contribution is -2.44. The lowest BCUT2D eigenvalue weighted by molar-refractivity contribution is -0.143. The van der Waals surface area contributed by atoms with E-state index < -0.39 is 5.41 Å². The lowest BCUT2D eigenvalue weighted by atomic mass is 9.75. The molecule has 1 aromatic rings. The summed E-state index contributed by atoms with van der Waals surface area (Å²) < 4.78 is 0. The van der Waals surface area contributed by atoms with Gasteiger partial charge in [0.2, 0.25) is 17.7 Å². The summed E-state index contributed by atoms with van der Waals surface area (Å²) in [4.78, 5) is 42.8. The van der Waals surface area contributed by atoms with Crippen LogP contribution in [0, 0.1) is 5.92 Å². The third kappa shape index (κ3) is 3.59. The Balaban J connectivity index is 1.60. The van der Waals surface area contributed by atoms with Gasteiger partial charge in [0.05, 0.1) is 5.41 Å². The van der Waals surface area contributed by atoms with Crippen molar-refractivity contribution in [2.75, 3.05) is 19.6 Å². The normalized spacial score (nSPS) is 26.3. The van der Waals surface area contributed by atoms with Crippen LogP contribution in [0.2, 0.25) is 0 Å². The molecule has 2 heterocycles. The summed E-state index contributed by atoms with van der Waals surface area (Å²) >= 11 is 0. The van der Waals surface area contributed by atoms with Crippen molar-refractivity contribution in [2.45, 2.75) is 63.2 Å². The Morgan fingerprint density at radius 3 is 2.32 bits per heavy atom. The van der Waals surface area contributed by atoms with Crippen LogP contribution in [0.3, 0.4) is 0 Å². The number of benzene rings is 1. The first-order chi connectivity index (χ1) is 13.6. The van der Waals surface area contributed by atoms with Gasteiger partial charge in [-0.1, -0.05) is 49.6 Å². The number of carbonyl (C=O) groups excluding carboxylic acids is 3. The van der Waals surface area contributed by atoms with Crippen LogP contribution in [0.15, 0.2) is 30.3 Å². The Morgan fingerprint density at radius 1 is 0.964 bits per heavy atom. The number of likely N-dealkylation sites (tertiary alicyclic amines) is 2. The van der Waals surface area contributed by atoms with Gasteiger partial charge in [0.1, 0.15) is 0 Å². The maximum absolute atomic E-state index is 13.6. The molecule has 4 rings (SSSR count). The van der Waals surface area contributed by atoms with Gasteiger partial charge in [0.15, 0.2) is 0 Å². The van der Waals surface area contributed by atoms with E-state index in [1.807, 2.05) is 35.2 Å². The third-order valence-corrected chi connectivity index (χ3v) is 6.81. The molecular weight excluding hydrogens is 352 g/mol. The summed E-state index contributed by atoms with van der Waals surface area (Å²) in [5, 5.41) is 0. The van der Waals surface area contributed by atoms with Crippen molar-refractivity contribution in [1.29, 1.82) is 0 Å².